The van der Waals surface area contributed by atoms with Gasteiger partial charge in [-0.05, 0) is 19.9 Å². The van der Waals surface area contributed by atoms with Crippen LogP contribution in [0.2, 0.25) is 0 Å². The van der Waals surface area contributed by atoms with Crippen molar-refractivity contribution in [2.24, 2.45) is 0 Å². The largest absolute Gasteiger partial charge is 0.297 e. The fraction of sp³-hybridized carbons (Fsp3) is 0.571. The Labute approximate surface area is 125 Å². The summed E-state index contributed by atoms with van der Waals surface area (Å²) in [5, 5.41) is 0.598. The summed E-state index contributed by atoms with van der Waals surface area (Å²) >= 11 is 0. The molecule has 0 amide bonds. The van der Waals surface area contributed by atoms with Crippen molar-refractivity contribution in [1.82, 2.24) is 9.37 Å². The summed E-state index contributed by atoms with van der Waals surface area (Å²) in [5.74, 6) is -0.424. The van der Waals surface area contributed by atoms with Crippen molar-refractivity contribution < 1.29 is 17.6 Å². The van der Waals surface area contributed by atoms with Gasteiger partial charge in [-0.3, -0.25) is 4.84 Å². The predicted octanol–water partition coefficient (Wildman–Crippen LogP) is 1.78. The molecule has 0 aliphatic carbocycles. The molecule has 0 radical (unpaired) electrons. The van der Waals surface area contributed by atoms with E-state index in [-0.39, 0.29) is 12.6 Å². The maximum atomic E-state index is 14.0. The molecule has 1 aliphatic rings. The Morgan fingerprint density at radius 2 is 2.00 bits per heavy atom. The number of hydrogen-bond acceptors (Lipinski definition) is 4. The van der Waals surface area contributed by atoms with Crippen molar-refractivity contribution in [3.05, 3.63) is 35.6 Å². The van der Waals surface area contributed by atoms with Crippen LogP contribution in [0.5, 0.6) is 0 Å². The average Bonchev–Trinajstić information content (AvgIpc) is 2.81. The molecule has 1 saturated heterocycles. The van der Waals surface area contributed by atoms with Gasteiger partial charge in [0.25, 0.3) is 0 Å². The molecule has 2 atom stereocenters. The molecule has 1 heterocycles. The highest BCUT2D eigenvalue weighted by Gasteiger charge is 2.46. The van der Waals surface area contributed by atoms with Crippen LogP contribution in [-0.4, -0.2) is 49.8 Å². The maximum Gasteiger partial charge on any atom is 0.221 e. The molecule has 0 bridgehead atoms. The molecule has 1 aromatic carbocycles. The van der Waals surface area contributed by atoms with Gasteiger partial charge in [0.2, 0.25) is 10.0 Å². The van der Waals surface area contributed by atoms with Gasteiger partial charge in [-0.2, -0.15) is 5.06 Å². The Kier molecular flexibility index (Phi) is 4.67. The topological polar surface area (TPSA) is 49.9 Å². The van der Waals surface area contributed by atoms with Crippen molar-refractivity contribution in [3.8, 4) is 0 Å². The fourth-order valence-electron chi connectivity index (χ4n) is 2.46. The summed E-state index contributed by atoms with van der Waals surface area (Å²) in [4.78, 5) is 5.36. The van der Waals surface area contributed by atoms with Gasteiger partial charge in [-0.25, -0.2) is 17.1 Å². The van der Waals surface area contributed by atoms with E-state index < -0.39 is 27.1 Å². The minimum atomic E-state index is -3.58. The number of sulfonamides is 1. The van der Waals surface area contributed by atoms with E-state index in [2.05, 4.69) is 0 Å². The zero-order chi connectivity index (χ0) is 15.8. The smallest absolute Gasteiger partial charge is 0.221 e. The number of hydrogen-bond donors (Lipinski definition) is 0. The maximum absolute atomic E-state index is 14.0. The lowest BCUT2D eigenvalue weighted by Crippen LogP contribution is -2.43. The van der Waals surface area contributed by atoms with E-state index in [1.54, 1.807) is 39.1 Å². The third kappa shape index (κ3) is 2.96. The van der Waals surface area contributed by atoms with Crippen LogP contribution < -0.4 is 0 Å². The van der Waals surface area contributed by atoms with E-state index in [9.17, 15) is 12.8 Å². The van der Waals surface area contributed by atoms with Crippen LogP contribution in [0, 0.1) is 5.82 Å². The van der Waals surface area contributed by atoms with E-state index in [1.807, 2.05) is 0 Å². The Morgan fingerprint density at radius 1 is 1.38 bits per heavy atom. The molecule has 118 valence electrons. The number of benzene rings is 1. The van der Waals surface area contributed by atoms with Crippen LogP contribution in [0.15, 0.2) is 24.3 Å². The molecule has 21 heavy (non-hydrogen) atoms. The molecular weight excluding hydrogens is 295 g/mol. The van der Waals surface area contributed by atoms with Crippen molar-refractivity contribution in [3.63, 3.8) is 0 Å². The first-order valence-electron chi connectivity index (χ1n) is 6.83. The standard InChI is InChI=1S/C14H21FN2O3S/c1-10(2)17(4)21(18,19)13-9-20-16(3)14(13)11-7-5-6-8-12(11)15/h5-8,10,13-14H,9H2,1-4H3. The molecule has 1 fully saturated rings. The molecule has 7 heteroatoms. The van der Waals surface area contributed by atoms with Gasteiger partial charge in [0.1, 0.15) is 11.1 Å². The van der Waals surface area contributed by atoms with Gasteiger partial charge >= 0.3 is 0 Å². The van der Waals surface area contributed by atoms with Crippen molar-refractivity contribution >= 4 is 10.0 Å². The van der Waals surface area contributed by atoms with Crippen molar-refractivity contribution in [1.29, 1.82) is 0 Å². The summed E-state index contributed by atoms with van der Waals surface area (Å²) < 4.78 is 40.8. The van der Waals surface area contributed by atoms with Gasteiger partial charge in [-0.1, -0.05) is 18.2 Å². The first-order valence-corrected chi connectivity index (χ1v) is 8.34. The van der Waals surface area contributed by atoms with E-state index >= 15 is 0 Å². The van der Waals surface area contributed by atoms with E-state index in [0.29, 0.717) is 5.56 Å². The monoisotopic (exact) mass is 316 g/mol. The quantitative estimate of drug-likeness (QED) is 0.850. The highest BCUT2D eigenvalue weighted by Crippen LogP contribution is 2.36. The molecular formula is C14H21FN2O3S. The second kappa shape index (κ2) is 6.00. The number of rotatable bonds is 4. The Balaban J connectivity index is 2.43. The van der Waals surface area contributed by atoms with Crippen molar-refractivity contribution in [2.45, 2.75) is 31.2 Å². The van der Waals surface area contributed by atoms with Gasteiger partial charge in [0.05, 0.1) is 12.6 Å². The second-order valence-corrected chi connectivity index (χ2v) is 7.71. The van der Waals surface area contributed by atoms with Crippen LogP contribution in [0.25, 0.3) is 0 Å². The first kappa shape index (κ1) is 16.4. The predicted molar refractivity (Wildman–Crippen MR) is 78.5 cm³/mol. The number of nitrogens with zero attached hydrogens (tertiary/aromatic N) is 2. The summed E-state index contributed by atoms with van der Waals surface area (Å²) in [6.45, 7) is 3.62. The normalized spacial score (nSPS) is 24.1. The Morgan fingerprint density at radius 3 is 2.57 bits per heavy atom. The molecule has 5 nitrogen and oxygen atoms in total. The summed E-state index contributed by atoms with van der Waals surface area (Å²) in [7, 11) is -0.420. The lowest BCUT2D eigenvalue weighted by molar-refractivity contribution is -0.111. The molecule has 1 aromatic rings. The average molecular weight is 316 g/mol. The zero-order valence-corrected chi connectivity index (χ0v) is 13.5. The third-order valence-electron chi connectivity index (χ3n) is 3.92. The molecule has 1 aliphatic heterocycles. The number of halogens is 1. The molecule has 2 rings (SSSR count). The van der Waals surface area contributed by atoms with Gasteiger partial charge in [-0.15, -0.1) is 0 Å². The van der Waals surface area contributed by atoms with Crippen LogP contribution in [0.4, 0.5) is 4.39 Å². The molecule has 0 aromatic heterocycles. The minimum Gasteiger partial charge on any atom is -0.297 e. The molecule has 0 saturated carbocycles. The lowest BCUT2D eigenvalue weighted by atomic mass is 10.0. The summed E-state index contributed by atoms with van der Waals surface area (Å²) in [6.07, 6.45) is 0. The summed E-state index contributed by atoms with van der Waals surface area (Å²) in [6, 6.07) is 5.39. The SMILES string of the molecule is CC(C)N(C)S(=O)(=O)C1CON(C)C1c1ccccc1F. The van der Waals surface area contributed by atoms with E-state index in [4.69, 9.17) is 4.84 Å². The molecule has 0 N–H and O–H groups in total. The lowest BCUT2D eigenvalue weighted by Gasteiger charge is -2.28. The van der Waals surface area contributed by atoms with Gasteiger partial charge in [0, 0.05) is 25.7 Å². The zero-order valence-electron chi connectivity index (χ0n) is 12.7. The summed E-state index contributed by atoms with van der Waals surface area (Å²) in [5.41, 5.74) is 0.336. The Hall–Kier alpha value is -1.02. The second-order valence-electron chi connectivity index (χ2n) is 5.50. The molecule has 0 spiro atoms. The third-order valence-corrected chi connectivity index (χ3v) is 6.30. The van der Waals surface area contributed by atoms with Crippen molar-refractivity contribution in [2.75, 3.05) is 20.7 Å². The molecule has 2 unspecified atom stereocenters. The van der Waals surface area contributed by atoms with E-state index in [0.717, 1.165) is 0 Å². The highest BCUT2D eigenvalue weighted by atomic mass is 32.2. The van der Waals surface area contributed by atoms with Crippen LogP contribution >= 0.6 is 0 Å². The fourth-order valence-corrected chi connectivity index (χ4v) is 4.36. The van der Waals surface area contributed by atoms with E-state index in [1.165, 1.54) is 22.5 Å². The number of hydroxylamine groups is 2. The highest BCUT2D eigenvalue weighted by molar-refractivity contribution is 7.89. The van der Waals surface area contributed by atoms with Gasteiger partial charge in [0.15, 0.2) is 0 Å². The van der Waals surface area contributed by atoms with Crippen LogP contribution in [0.1, 0.15) is 25.5 Å². The van der Waals surface area contributed by atoms with Crippen LogP contribution in [-0.2, 0) is 14.9 Å². The Bertz CT molecular complexity index is 606. The van der Waals surface area contributed by atoms with Crippen LogP contribution in [0.3, 0.4) is 0 Å². The van der Waals surface area contributed by atoms with Gasteiger partial charge < -0.3 is 0 Å². The first-order chi connectivity index (χ1) is 9.76. The minimum absolute atomic E-state index is 0.0227.